The van der Waals surface area contributed by atoms with Crippen molar-refractivity contribution in [3.8, 4) is 17.4 Å². The Morgan fingerprint density at radius 3 is 2.58 bits per heavy atom. The van der Waals surface area contributed by atoms with Gasteiger partial charge in [0.1, 0.15) is 22.9 Å². The lowest BCUT2D eigenvalue weighted by Crippen LogP contribution is -2.37. The van der Waals surface area contributed by atoms with Gasteiger partial charge in [-0.15, -0.1) is 0 Å². The molecule has 0 saturated carbocycles. The summed E-state index contributed by atoms with van der Waals surface area (Å²) in [5, 5.41) is 5.42. The maximum Gasteiger partial charge on any atom is 0.423 e. The van der Waals surface area contributed by atoms with E-state index >= 15 is 4.39 Å². The summed E-state index contributed by atoms with van der Waals surface area (Å²) in [6.07, 6.45) is -2.51. The number of hydrogen-bond acceptors (Lipinski definition) is 8. The van der Waals surface area contributed by atoms with Crippen LogP contribution in [0.4, 0.5) is 29.2 Å². The number of benzene rings is 2. The molecule has 1 fully saturated rings. The minimum absolute atomic E-state index is 0.0324. The number of likely N-dealkylation sites (tertiary alicyclic amines) is 1. The summed E-state index contributed by atoms with van der Waals surface area (Å²) in [7, 11) is 4.90. The number of hydrogen-bond donors (Lipinski definition) is 2. The summed E-state index contributed by atoms with van der Waals surface area (Å²) >= 11 is 0. The Hall–Kier alpha value is -4.46. The maximum atomic E-state index is 15.1. The lowest BCUT2D eigenvalue weighted by molar-refractivity contribution is -0.139. The second-order valence-corrected chi connectivity index (χ2v) is 10.6. The summed E-state index contributed by atoms with van der Waals surface area (Å²) in [6, 6.07) is 6.79. The molecule has 5 rings (SSSR count). The van der Waals surface area contributed by atoms with Crippen molar-refractivity contribution in [3.63, 3.8) is 0 Å². The number of amides is 2. The SMILES string of the molecule is COc1cc(C(=O)NCC2CCN(C)CC2)c(F)cc1Nc1ncc(C(F)(F)F)c(Oc2cccc3c2C(=O)N(C)C3)n1. The predicted octanol–water partition coefficient (Wildman–Crippen LogP) is 4.84. The number of rotatable bonds is 8. The van der Waals surface area contributed by atoms with Gasteiger partial charge in [0.2, 0.25) is 11.8 Å². The Morgan fingerprint density at radius 2 is 1.88 bits per heavy atom. The number of piperidine rings is 1. The zero-order chi connectivity index (χ0) is 30.9. The van der Waals surface area contributed by atoms with E-state index in [2.05, 4.69) is 25.5 Å². The third kappa shape index (κ3) is 6.48. The largest absolute Gasteiger partial charge is 0.495 e. The first kappa shape index (κ1) is 30.0. The summed E-state index contributed by atoms with van der Waals surface area (Å²) in [6.45, 7) is 2.53. The van der Waals surface area contributed by atoms with Crippen LogP contribution in [0.25, 0.3) is 0 Å². The molecule has 0 aliphatic carbocycles. The highest BCUT2D eigenvalue weighted by Crippen LogP contribution is 2.40. The normalized spacial score (nSPS) is 15.8. The molecule has 228 valence electrons. The first-order valence-electron chi connectivity index (χ1n) is 13.5. The minimum Gasteiger partial charge on any atom is -0.495 e. The number of nitrogens with zero attached hydrogens (tertiary/aromatic N) is 4. The van der Waals surface area contributed by atoms with Crippen LogP contribution < -0.4 is 20.1 Å². The Bertz CT molecular complexity index is 1540. The third-order valence-corrected chi connectivity index (χ3v) is 7.52. The van der Waals surface area contributed by atoms with Gasteiger partial charge >= 0.3 is 6.18 Å². The van der Waals surface area contributed by atoms with Crippen molar-refractivity contribution in [2.75, 3.05) is 46.2 Å². The highest BCUT2D eigenvalue weighted by Gasteiger charge is 2.37. The van der Waals surface area contributed by atoms with Crippen LogP contribution in [0.5, 0.6) is 17.4 Å². The first-order chi connectivity index (χ1) is 20.4. The van der Waals surface area contributed by atoms with Crippen LogP contribution >= 0.6 is 0 Å². The zero-order valence-electron chi connectivity index (χ0n) is 23.7. The van der Waals surface area contributed by atoms with Crippen molar-refractivity contribution in [1.29, 1.82) is 0 Å². The van der Waals surface area contributed by atoms with Gasteiger partial charge in [-0.2, -0.15) is 18.2 Å². The van der Waals surface area contributed by atoms with Crippen LogP contribution in [0.3, 0.4) is 0 Å². The quantitative estimate of drug-likeness (QED) is 0.353. The van der Waals surface area contributed by atoms with Crippen LogP contribution in [0.1, 0.15) is 44.7 Å². The van der Waals surface area contributed by atoms with Crippen LogP contribution in [0.2, 0.25) is 0 Å². The van der Waals surface area contributed by atoms with Gasteiger partial charge in [0.15, 0.2) is 0 Å². The molecule has 2 N–H and O–H groups in total. The minimum atomic E-state index is -4.88. The molecular formula is C29H30F4N6O4. The molecule has 2 amide bonds. The number of ether oxygens (including phenoxy) is 2. The molecule has 0 radical (unpaired) electrons. The summed E-state index contributed by atoms with van der Waals surface area (Å²) in [5.41, 5.74) is -0.819. The van der Waals surface area contributed by atoms with E-state index in [-0.39, 0.29) is 46.7 Å². The maximum absolute atomic E-state index is 15.1. The van der Waals surface area contributed by atoms with Crippen LogP contribution in [-0.4, -0.2) is 72.4 Å². The van der Waals surface area contributed by atoms with Gasteiger partial charge in [-0.1, -0.05) is 12.1 Å². The number of carbonyl (C=O) groups excluding carboxylic acids is 2. The Morgan fingerprint density at radius 1 is 1.14 bits per heavy atom. The fourth-order valence-electron chi connectivity index (χ4n) is 5.07. The monoisotopic (exact) mass is 602 g/mol. The predicted molar refractivity (Wildman–Crippen MR) is 148 cm³/mol. The van der Waals surface area contributed by atoms with Crippen molar-refractivity contribution in [2.24, 2.45) is 5.92 Å². The molecule has 2 aromatic carbocycles. The van der Waals surface area contributed by atoms with Gasteiger partial charge in [0, 0.05) is 32.4 Å². The van der Waals surface area contributed by atoms with Gasteiger partial charge in [0.25, 0.3) is 11.8 Å². The molecule has 14 heteroatoms. The summed E-state index contributed by atoms with van der Waals surface area (Å²) < 4.78 is 67.5. The van der Waals surface area contributed by atoms with Crippen molar-refractivity contribution < 1.29 is 36.6 Å². The molecule has 0 unspecified atom stereocenters. The average Bonchev–Trinajstić information content (AvgIpc) is 3.26. The number of fused-ring (bicyclic) bond motifs is 1. The van der Waals surface area contributed by atoms with E-state index in [0.717, 1.165) is 32.0 Å². The third-order valence-electron chi connectivity index (χ3n) is 7.52. The van der Waals surface area contributed by atoms with E-state index in [4.69, 9.17) is 9.47 Å². The van der Waals surface area contributed by atoms with E-state index in [0.29, 0.717) is 18.3 Å². The molecule has 2 aliphatic heterocycles. The van der Waals surface area contributed by atoms with Crippen LogP contribution in [0.15, 0.2) is 36.5 Å². The number of carbonyl (C=O) groups is 2. The Balaban J connectivity index is 1.39. The molecule has 10 nitrogen and oxygen atoms in total. The number of aromatic nitrogens is 2. The van der Waals surface area contributed by atoms with E-state index in [9.17, 15) is 22.8 Å². The second kappa shape index (κ2) is 12.0. The molecule has 2 aliphatic rings. The number of anilines is 2. The highest BCUT2D eigenvalue weighted by molar-refractivity contribution is 6.01. The van der Waals surface area contributed by atoms with Crippen molar-refractivity contribution in [1.82, 2.24) is 25.1 Å². The lowest BCUT2D eigenvalue weighted by Gasteiger charge is -2.28. The molecule has 0 atom stereocenters. The number of alkyl halides is 3. The van der Waals surface area contributed by atoms with E-state index < -0.39 is 35.3 Å². The Kier molecular flexibility index (Phi) is 8.40. The molecule has 0 spiro atoms. The van der Waals surface area contributed by atoms with Crippen molar-refractivity contribution >= 4 is 23.5 Å². The molecule has 1 saturated heterocycles. The number of methoxy groups -OCH3 is 1. The molecular weight excluding hydrogens is 572 g/mol. The van der Waals surface area contributed by atoms with Gasteiger partial charge in [-0.25, -0.2) is 9.37 Å². The van der Waals surface area contributed by atoms with Gasteiger partial charge in [-0.3, -0.25) is 9.59 Å². The molecule has 0 bridgehead atoms. The fourth-order valence-corrected chi connectivity index (χ4v) is 5.07. The molecule has 3 aromatic rings. The van der Waals surface area contributed by atoms with Gasteiger partial charge in [0.05, 0.1) is 23.9 Å². The fraction of sp³-hybridized carbons (Fsp3) is 0.379. The van der Waals surface area contributed by atoms with E-state index in [1.54, 1.807) is 19.2 Å². The average molecular weight is 603 g/mol. The van der Waals surface area contributed by atoms with Crippen molar-refractivity contribution in [3.05, 3.63) is 64.6 Å². The standard InChI is InChI=1S/C29H30F4N6O4/c1-38-9-7-16(8-10-38)13-34-25(40)18-11-23(42-3)21(12-20(18)30)36-28-35-14-19(29(31,32)33)26(37-28)43-22-6-4-5-17-15-39(2)27(41)24(17)22/h4-6,11-12,14,16H,7-10,13,15H2,1-3H3,(H,34,40)(H,35,36,37). The van der Waals surface area contributed by atoms with E-state index in [1.165, 1.54) is 24.1 Å². The summed E-state index contributed by atoms with van der Waals surface area (Å²) in [5.74, 6) is -2.89. The molecule has 3 heterocycles. The number of nitrogens with one attached hydrogen (secondary N) is 2. The molecule has 43 heavy (non-hydrogen) atoms. The molecule has 1 aromatic heterocycles. The first-order valence-corrected chi connectivity index (χ1v) is 13.5. The zero-order valence-corrected chi connectivity index (χ0v) is 23.7. The Labute approximate surface area is 245 Å². The highest BCUT2D eigenvalue weighted by atomic mass is 19.4. The lowest BCUT2D eigenvalue weighted by atomic mass is 9.97. The smallest absolute Gasteiger partial charge is 0.423 e. The van der Waals surface area contributed by atoms with Crippen molar-refractivity contribution in [2.45, 2.75) is 25.6 Å². The second-order valence-electron chi connectivity index (χ2n) is 10.6. The van der Waals surface area contributed by atoms with Crippen LogP contribution in [-0.2, 0) is 12.7 Å². The summed E-state index contributed by atoms with van der Waals surface area (Å²) in [4.78, 5) is 36.6. The van der Waals surface area contributed by atoms with E-state index in [1.807, 2.05) is 7.05 Å². The van der Waals surface area contributed by atoms with Gasteiger partial charge < -0.3 is 29.9 Å². The van der Waals surface area contributed by atoms with Gasteiger partial charge in [-0.05, 0) is 56.6 Å². The topological polar surface area (TPSA) is 109 Å². The number of halogens is 4. The van der Waals surface area contributed by atoms with Crippen LogP contribution in [0, 0.1) is 11.7 Å².